The van der Waals surface area contributed by atoms with E-state index in [-0.39, 0.29) is 0 Å². The Labute approximate surface area is 89.9 Å². The molecule has 0 radical (unpaired) electrons. The van der Waals surface area contributed by atoms with E-state index in [1.165, 1.54) is 6.42 Å². The third-order valence-electron chi connectivity index (χ3n) is 2.54. The Morgan fingerprint density at radius 1 is 1.64 bits per heavy atom. The summed E-state index contributed by atoms with van der Waals surface area (Å²) in [7, 11) is 3.97. The number of aromatic amines is 1. The summed E-state index contributed by atoms with van der Waals surface area (Å²) in [5, 5.41) is 6.98. The van der Waals surface area contributed by atoms with Crippen LogP contribution in [-0.4, -0.2) is 27.9 Å². The molecule has 1 N–H and O–H groups in total. The summed E-state index contributed by atoms with van der Waals surface area (Å²) in [6.07, 6.45) is 2.34. The van der Waals surface area contributed by atoms with Gasteiger partial charge in [-0.2, -0.15) is 0 Å². The van der Waals surface area contributed by atoms with Crippen LogP contribution < -0.4 is 4.90 Å². The minimum absolute atomic E-state index is 0.490. The van der Waals surface area contributed by atoms with Gasteiger partial charge in [-0.15, -0.1) is 5.10 Å². The van der Waals surface area contributed by atoms with E-state index in [4.69, 9.17) is 12.2 Å². The zero-order chi connectivity index (χ0) is 10.7. The van der Waals surface area contributed by atoms with Crippen molar-refractivity contribution >= 4 is 18.2 Å². The van der Waals surface area contributed by atoms with Crippen LogP contribution in [0.15, 0.2) is 0 Å². The number of H-pyrrole nitrogens is 1. The van der Waals surface area contributed by atoms with Crippen molar-refractivity contribution in [3.63, 3.8) is 0 Å². The summed E-state index contributed by atoms with van der Waals surface area (Å²) in [6, 6.07) is 0.490. The topological polar surface area (TPSA) is 36.9 Å². The normalized spacial score (nSPS) is 12.9. The highest BCUT2D eigenvalue weighted by molar-refractivity contribution is 7.71. The fourth-order valence-corrected chi connectivity index (χ4v) is 1.59. The Hall–Kier alpha value is -0.840. The van der Waals surface area contributed by atoms with Gasteiger partial charge in [0.2, 0.25) is 5.95 Å². The quantitative estimate of drug-likeness (QED) is 0.780. The van der Waals surface area contributed by atoms with Gasteiger partial charge < -0.3 is 4.90 Å². The second-order valence-corrected chi connectivity index (χ2v) is 4.02. The molecular formula is C9H18N4S. The van der Waals surface area contributed by atoms with E-state index in [2.05, 4.69) is 28.9 Å². The first-order valence-corrected chi connectivity index (χ1v) is 5.33. The van der Waals surface area contributed by atoms with Gasteiger partial charge in [0.15, 0.2) is 4.77 Å². The van der Waals surface area contributed by atoms with Crippen LogP contribution >= 0.6 is 12.2 Å². The summed E-state index contributed by atoms with van der Waals surface area (Å²) in [6.45, 7) is 4.38. The van der Waals surface area contributed by atoms with Crippen molar-refractivity contribution in [3.05, 3.63) is 4.77 Å². The van der Waals surface area contributed by atoms with Crippen molar-refractivity contribution in [2.75, 3.05) is 11.9 Å². The van der Waals surface area contributed by atoms with Crippen molar-refractivity contribution in [1.29, 1.82) is 0 Å². The van der Waals surface area contributed by atoms with Crippen LogP contribution in [0.5, 0.6) is 0 Å². The van der Waals surface area contributed by atoms with Crippen LogP contribution in [0.3, 0.4) is 0 Å². The van der Waals surface area contributed by atoms with E-state index >= 15 is 0 Å². The minimum atomic E-state index is 0.490. The Bertz CT molecular complexity index is 341. The predicted molar refractivity (Wildman–Crippen MR) is 61.2 cm³/mol. The average Bonchev–Trinajstić information content (AvgIpc) is 2.47. The van der Waals surface area contributed by atoms with E-state index in [1.54, 1.807) is 0 Å². The zero-order valence-corrected chi connectivity index (χ0v) is 10.1. The van der Waals surface area contributed by atoms with E-state index < -0.39 is 0 Å². The standard InChI is InChI=1S/C9H18N4S/c1-5-6-7(2)12(3)8-10-11-9(14)13(8)4/h7H,5-6H2,1-4H3,(H,11,14). The molecule has 14 heavy (non-hydrogen) atoms. The van der Waals surface area contributed by atoms with E-state index in [9.17, 15) is 0 Å². The number of rotatable bonds is 4. The molecule has 0 aliphatic rings. The molecule has 0 aliphatic heterocycles. The average molecular weight is 214 g/mol. The van der Waals surface area contributed by atoms with Crippen molar-refractivity contribution in [2.24, 2.45) is 7.05 Å². The Morgan fingerprint density at radius 2 is 2.29 bits per heavy atom. The Morgan fingerprint density at radius 3 is 2.71 bits per heavy atom. The molecule has 0 saturated carbocycles. The van der Waals surface area contributed by atoms with Crippen LogP contribution in [-0.2, 0) is 7.05 Å². The summed E-state index contributed by atoms with van der Waals surface area (Å²) >= 11 is 5.06. The SMILES string of the molecule is CCCC(C)N(C)c1n[nH]c(=S)n1C. The molecule has 0 amide bonds. The summed E-state index contributed by atoms with van der Waals surface area (Å²) in [5.41, 5.74) is 0. The lowest BCUT2D eigenvalue weighted by Crippen LogP contribution is -2.30. The zero-order valence-electron chi connectivity index (χ0n) is 9.24. The number of hydrogen-bond donors (Lipinski definition) is 1. The number of aromatic nitrogens is 3. The molecule has 0 spiro atoms. The molecule has 5 heteroatoms. The van der Waals surface area contributed by atoms with Crippen LogP contribution in [0.25, 0.3) is 0 Å². The maximum Gasteiger partial charge on any atom is 0.225 e. The van der Waals surface area contributed by atoms with Gasteiger partial charge in [-0.1, -0.05) is 13.3 Å². The van der Waals surface area contributed by atoms with Gasteiger partial charge in [-0.05, 0) is 25.6 Å². The van der Waals surface area contributed by atoms with E-state index in [1.807, 2.05) is 18.7 Å². The smallest absolute Gasteiger partial charge is 0.225 e. The Kier molecular flexibility index (Phi) is 3.69. The molecule has 4 nitrogen and oxygen atoms in total. The molecule has 1 unspecified atom stereocenters. The lowest BCUT2D eigenvalue weighted by atomic mass is 10.2. The number of nitrogens with one attached hydrogen (secondary N) is 1. The molecule has 1 atom stereocenters. The number of anilines is 1. The first kappa shape index (κ1) is 11.2. The molecule has 0 bridgehead atoms. The van der Waals surface area contributed by atoms with Crippen molar-refractivity contribution < 1.29 is 0 Å². The van der Waals surface area contributed by atoms with E-state index in [0.29, 0.717) is 10.8 Å². The van der Waals surface area contributed by atoms with Gasteiger partial charge in [0, 0.05) is 20.1 Å². The van der Waals surface area contributed by atoms with Crippen molar-refractivity contribution in [1.82, 2.24) is 14.8 Å². The third-order valence-corrected chi connectivity index (χ3v) is 2.90. The molecule has 0 fully saturated rings. The molecule has 1 aromatic rings. The predicted octanol–water partition coefficient (Wildman–Crippen LogP) is 2.10. The maximum atomic E-state index is 5.06. The van der Waals surface area contributed by atoms with Crippen molar-refractivity contribution in [3.8, 4) is 0 Å². The lowest BCUT2D eigenvalue weighted by Gasteiger charge is -2.24. The molecule has 0 saturated heterocycles. The second kappa shape index (κ2) is 4.59. The molecule has 80 valence electrons. The van der Waals surface area contributed by atoms with Gasteiger partial charge in [-0.25, -0.2) is 5.10 Å². The molecule has 1 heterocycles. The number of nitrogens with zero attached hydrogens (tertiary/aromatic N) is 3. The van der Waals surface area contributed by atoms with Crippen molar-refractivity contribution in [2.45, 2.75) is 32.7 Å². The third kappa shape index (κ3) is 2.15. The maximum absolute atomic E-state index is 5.06. The van der Waals surface area contributed by atoms with Crippen LogP contribution in [0, 0.1) is 4.77 Å². The first-order chi connectivity index (χ1) is 6.57. The van der Waals surface area contributed by atoms with Crippen LogP contribution in [0.1, 0.15) is 26.7 Å². The number of hydrogen-bond acceptors (Lipinski definition) is 3. The summed E-state index contributed by atoms with van der Waals surface area (Å²) < 4.78 is 2.55. The molecular weight excluding hydrogens is 196 g/mol. The van der Waals surface area contributed by atoms with Gasteiger partial charge >= 0.3 is 0 Å². The minimum Gasteiger partial charge on any atom is -0.341 e. The fourth-order valence-electron chi connectivity index (χ4n) is 1.46. The molecule has 1 aromatic heterocycles. The van der Waals surface area contributed by atoms with Gasteiger partial charge in [-0.3, -0.25) is 4.57 Å². The van der Waals surface area contributed by atoms with Crippen LogP contribution in [0.4, 0.5) is 5.95 Å². The second-order valence-electron chi connectivity index (χ2n) is 3.64. The Balaban J connectivity index is 2.83. The van der Waals surface area contributed by atoms with Gasteiger partial charge in [0.05, 0.1) is 0 Å². The fraction of sp³-hybridized carbons (Fsp3) is 0.778. The highest BCUT2D eigenvalue weighted by Gasteiger charge is 2.13. The lowest BCUT2D eigenvalue weighted by molar-refractivity contribution is 0.597. The monoisotopic (exact) mass is 214 g/mol. The molecule has 1 rings (SSSR count). The van der Waals surface area contributed by atoms with Crippen LogP contribution in [0.2, 0.25) is 0 Å². The van der Waals surface area contributed by atoms with Gasteiger partial charge in [0.25, 0.3) is 0 Å². The highest BCUT2D eigenvalue weighted by atomic mass is 32.1. The van der Waals surface area contributed by atoms with Gasteiger partial charge in [0.1, 0.15) is 0 Å². The first-order valence-electron chi connectivity index (χ1n) is 4.92. The summed E-state index contributed by atoms with van der Waals surface area (Å²) in [5.74, 6) is 0.899. The molecule has 0 aromatic carbocycles. The highest BCUT2D eigenvalue weighted by Crippen LogP contribution is 2.13. The van der Waals surface area contributed by atoms with E-state index in [0.717, 1.165) is 12.4 Å². The largest absolute Gasteiger partial charge is 0.341 e. The molecule has 0 aliphatic carbocycles. The summed E-state index contributed by atoms with van der Waals surface area (Å²) in [4.78, 5) is 2.15.